The van der Waals surface area contributed by atoms with E-state index in [1.54, 1.807) is 23.6 Å². The number of hydrogen-bond acceptors (Lipinski definition) is 4. The van der Waals surface area contributed by atoms with Gasteiger partial charge in [0.05, 0.1) is 10.6 Å². The molecule has 0 unspecified atom stereocenters. The third-order valence-corrected chi connectivity index (χ3v) is 5.14. The second-order valence-electron chi connectivity index (χ2n) is 7.31. The van der Waals surface area contributed by atoms with Crippen molar-refractivity contribution in [2.75, 3.05) is 5.32 Å². The summed E-state index contributed by atoms with van der Waals surface area (Å²) in [5, 5.41) is 13.6. The number of ketones is 1. The number of rotatable bonds is 5. The van der Waals surface area contributed by atoms with Crippen LogP contribution in [0.15, 0.2) is 72.9 Å². The number of nitrogens with one attached hydrogen (secondary N) is 1. The fourth-order valence-electron chi connectivity index (χ4n) is 3.45. The number of nitrogens with zero attached hydrogens (tertiary/aromatic N) is 2. The average molecular weight is 413 g/mol. The molecule has 0 saturated carbocycles. The Labute approximate surface area is 178 Å². The van der Waals surface area contributed by atoms with Crippen LogP contribution in [-0.4, -0.2) is 21.0 Å². The van der Waals surface area contributed by atoms with Gasteiger partial charge in [0.2, 0.25) is 0 Å². The van der Waals surface area contributed by atoms with Crippen LogP contribution >= 0.6 is 0 Å². The van der Waals surface area contributed by atoms with Crippen molar-refractivity contribution in [1.82, 2.24) is 4.40 Å². The number of nitro groups is 1. The number of carbonyl (C=O) groups excluding carboxylic acids is 2. The maximum atomic E-state index is 13.2. The quantitative estimate of drug-likeness (QED) is 0.217. The number of amides is 1. The molecule has 31 heavy (non-hydrogen) atoms. The molecule has 0 aliphatic carbocycles. The first-order valence-corrected chi connectivity index (χ1v) is 9.63. The first-order chi connectivity index (χ1) is 14.8. The maximum Gasteiger partial charge on any atom is 0.298 e. The number of nitro benzene ring substituents is 1. The van der Waals surface area contributed by atoms with Gasteiger partial charge in [-0.25, -0.2) is 0 Å². The van der Waals surface area contributed by atoms with Crippen molar-refractivity contribution in [3.05, 3.63) is 99.9 Å². The van der Waals surface area contributed by atoms with E-state index in [1.165, 1.54) is 18.2 Å². The number of fused-ring (bicyclic) bond motifs is 1. The molecule has 0 radical (unpaired) electrons. The monoisotopic (exact) mass is 413 g/mol. The molecule has 0 fully saturated rings. The Balaban J connectivity index is 1.76. The Bertz CT molecular complexity index is 1340. The molecule has 0 aliphatic rings. The summed E-state index contributed by atoms with van der Waals surface area (Å²) in [4.78, 5) is 36.6. The van der Waals surface area contributed by atoms with Crippen LogP contribution in [0.2, 0.25) is 0 Å². The molecule has 0 aliphatic heterocycles. The van der Waals surface area contributed by atoms with Gasteiger partial charge in [-0.15, -0.1) is 0 Å². The maximum absolute atomic E-state index is 13.2. The number of pyridine rings is 1. The van der Waals surface area contributed by atoms with Crippen LogP contribution in [0.4, 0.5) is 11.4 Å². The van der Waals surface area contributed by atoms with Crippen LogP contribution in [0, 0.1) is 24.0 Å². The highest BCUT2D eigenvalue weighted by Gasteiger charge is 2.25. The first kappa shape index (κ1) is 20.0. The van der Waals surface area contributed by atoms with Gasteiger partial charge in [-0.1, -0.05) is 42.0 Å². The molecule has 0 saturated heterocycles. The molecule has 0 spiro atoms. The molecule has 1 amide bonds. The van der Waals surface area contributed by atoms with Gasteiger partial charge in [0.15, 0.2) is 0 Å². The largest absolute Gasteiger partial charge is 0.319 e. The lowest BCUT2D eigenvalue weighted by Crippen LogP contribution is -2.25. The van der Waals surface area contributed by atoms with Gasteiger partial charge in [-0.3, -0.25) is 19.7 Å². The summed E-state index contributed by atoms with van der Waals surface area (Å²) in [6.45, 7) is 3.68. The molecule has 7 nitrogen and oxygen atoms in total. The number of aromatic nitrogens is 1. The molecule has 2 aromatic carbocycles. The lowest BCUT2D eigenvalue weighted by atomic mass is 10.0. The first-order valence-electron chi connectivity index (χ1n) is 9.63. The summed E-state index contributed by atoms with van der Waals surface area (Å²) < 4.78 is 1.68. The average Bonchev–Trinajstić information content (AvgIpc) is 3.14. The number of hydrogen-bond donors (Lipinski definition) is 1. The van der Waals surface area contributed by atoms with E-state index in [9.17, 15) is 19.7 Å². The molecule has 154 valence electrons. The van der Waals surface area contributed by atoms with Gasteiger partial charge in [-0.2, -0.15) is 0 Å². The third kappa shape index (κ3) is 3.81. The van der Waals surface area contributed by atoms with Crippen molar-refractivity contribution in [2.24, 2.45) is 0 Å². The normalized spacial score (nSPS) is 10.8. The topological polar surface area (TPSA) is 93.7 Å². The second kappa shape index (κ2) is 7.87. The standard InChI is InChI=1S/C24H19N3O4/c1-15-6-9-17(10-7-15)20-13-18-5-3-4-12-26(18)22(20)23(28)24(29)25-21-14-19(27(30)31)11-8-16(21)2/h3-14H,1-2H3,(H,25,29). The summed E-state index contributed by atoms with van der Waals surface area (Å²) in [5.41, 5.74) is 4.23. The fraction of sp³-hybridized carbons (Fsp3) is 0.0833. The summed E-state index contributed by atoms with van der Waals surface area (Å²) in [7, 11) is 0. The van der Waals surface area contributed by atoms with Gasteiger partial charge >= 0.3 is 0 Å². The van der Waals surface area contributed by atoms with Gasteiger partial charge in [-0.05, 0) is 43.2 Å². The third-order valence-electron chi connectivity index (χ3n) is 5.14. The molecule has 4 rings (SSSR count). The molecule has 1 N–H and O–H groups in total. The summed E-state index contributed by atoms with van der Waals surface area (Å²) in [5.74, 6) is -1.59. The zero-order valence-electron chi connectivity index (χ0n) is 17.0. The Morgan fingerprint density at radius 3 is 2.42 bits per heavy atom. The van der Waals surface area contributed by atoms with Crippen molar-refractivity contribution in [3.8, 4) is 11.1 Å². The Morgan fingerprint density at radius 2 is 1.71 bits per heavy atom. The minimum absolute atomic E-state index is 0.165. The number of anilines is 1. The van der Waals surface area contributed by atoms with E-state index in [4.69, 9.17) is 0 Å². The van der Waals surface area contributed by atoms with E-state index in [-0.39, 0.29) is 17.1 Å². The summed E-state index contributed by atoms with van der Waals surface area (Å²) in [6.07, 6.45) is 1.73. The molecular formula is C24H19N3O4. The van der Waals surface area contributed by atoms with E-state index >= 15 is 0 Å². The van der Waals surface area contributed by atoms with E-state index in [0.29, 0.717) is 11.1 Å². The van der Waals surface area contributed by atoms with Gasteiger partial charge in [0.25, 0.3) is 17.4 Å². The van der Waals surface area contributed by atoms with Gasteiger partial charge in [0.1, 0.15) is 5.69 Å². The molecule has 2 aromatic heterocycles. The number of aryl methyl sites for hydroxylation is 2. The number of Topliss-reactive ketones (excluding diaryl/α,β-unsaturated/α-hetero) is 1. The molecule has 4 aromatic rings. The molecule has 2 heterocycles. The lowest BCUT2D eigenvalue weighted by molar-refractivity contribution is -0.384. The molecule has 0 bridgehead atoms. The van der Waals surface area contributed by atoms with Gasteiger partial charge in [0, 0.05) is 29.4 Å². The van der Waals surface area contributed by atoms with Crippen molar-refractivity contribution < 1.29 is 14.5 Å². The highest BCUT2D eigenvalue weighted by Crippen LogP contribution is 2.29. The Kier molecular flexibility index (Phi) is 5.09. The van der Waals surface area contributed by atoms with Crippen molar-refractivity contribution in [1.29, 1.82) is 0 Å². The van der Waals surface area contributed by atoms with Crippen LogP contribution in [0.25, 0.3) is 16.6 Å². The van der Waals surface area contributed by atoms with Crippen LogP contribution < -0.4 is 5.32 Å². The Morgan fingerprint density at radius 1 is 0.968 bits per heavy atom. The molecule has 7 heteroatoms. The van der Waals surface area contributed by atoms with Crippen molar-refractivity contribution >= 4 is 28.6 Å². The summed E-state index contributed by atoms with van der Waals surface area (Å²) in [6, 6.07) is 19.2. The lowest BCUT2D eigenvalue weighted by Gasteiger charge is -2.10. The summed E-state index contributed by atoms with van der Waals surface area (Å²) >= 11 is 0. The Hall–Kier alpha value is -4.26. The predicted octanol–water partition coefficient (Wildman–Crippen LogP) is 4.95. The molecular weight excluding hydrogens is 394 g/mol. The fourth-order valence-corrected chi connectivity index (χ4v) is 3.45. The zero-order chi connectivity index (χ0) is 22.1. The highest BCUT2D eigenvalue weighted by molar-refractivity contribution is 6.47. The van der Waals surface area contributed by atoms with E-state index in [1.807, 2.05) is 49.4 Å². The van der Waals surface area contributed by atoms with E-state index in [2.05, 4.69) is 5.32 Å². The molecule has 0 atom stereocenters. The minimum Gasteiger partial charge on any atom is -0.319 e. The zero-order valence-corrected chi connectivity index (χ0v) is 17.0. The van der Waals surface area contributed by atoms with E-state index < -0.39 is 16.6 Å². The number of carbonyl (C=O) groups is 2. The SMILES string of the molecule is Cc1ccc(-c2cc3ccccn3c2C(=O)C(=O)Nc2cc([N+](=O)[O-])ccc2C)cc1. The predicted molar refractivity (Wildman–Crippen MR) is 118 cm³/mol. The smallest absolute Gasteiger partial charge is 0.298 e. The number of non-ortho nitro benzene ring substituents is 1. The highest BCUT2D eigenvalue weighted by atomic mass is 16.6. The van der Waals surface area contributed by atoms with Crippen LogP contribution in [0.5, 0.6) is 0 Å². The second-order valence-corrected chi connectivity index (χ2v) is 7.31. The van der Waals surface area contributed by atoms with Crippen LogP contribution in [0.3, 0.4) is 0 Å². The minimum atomic E-state index is -0.860. The van der Waals surface area contributed by atoms with Gasteiger partial charge < -0.3 is 9.72 Å². The van der Waals surface area contributed by atoms with E-state index in [0.717, 1.165) is 16.6 Å². The van der Waals surface area contributed by atoms with Crippen LogP contribution in [0.1, 0.15) is 21.6 Å². The van der Waals surface area contributed by atoms with Crippen LogP contribution in [-0.2, 0) is 4.79 Å². The number of benzene rings is 2. The van der Waals surface area contributed by atoms with Crippen molar-refractivity contribution in [2.45, 2.75) is 13.8 Å². The van der Waals surface area contributed by atoms with Crippen molar-refractivity contribution in [3.63, 3.8) is 0 Å².